The van der Waals surface area contributed by atoms with Crippen LogP contribution in [-0.2, 0) is 14.8 Å². The zero-order chi connectivity index (χ0) is 24.0. The number of amides is 1. The van der Waals surface area contributed by atoms with Crippen LogP contribution in [0.3, 0.4) is 0 Å². The van der Waals surface area contributed by atoms with Gasteiger partial charge in [0, 0.05) is 11.5 Å². The zero-order valence-electron chi connectivity index (χ0n) is 18.6. The van der Waals surface area contributed by atoms with Crippen molar-refractivity contribution in [3.05, 3.63) is 90.0 Å². The lowest BCUT2D eigenvalue weighted by Gasteiger charge is -2.25. The van der Waals surface area contributed by atoms with Crippen LogP contribution in [0.2, 0.25) is 0 Å². The number of nitrogens with one attached hydrogen (secondary N) is 1. The monoisotopic (exact) mass is 495 g/mol. The zero-order valence-corrected chi connectivity index (χ0v) is 20.3. The molecule has 1 heterocycles. The molecule has 34 heavy (non-hydrogen) atoms. The Hall–Kier alpha value is -3.30. The average Bonchev–Trinajstić information content (AvgIpc) is 2.82. The van der Waals surface area contributed by atoms with Gasteiger partial charge in [-0.1, -0.05) is 35.9 Å². The van der Waals surface area contributed by atoms with Crippen LogP contribution in [0.1, 0.15) is 11.1 Å². The Labute approximate surface area is 203 Å². The summed E-state index contributed by atoms with van der Waals surface area (Å²) >= 11 is 1.86. The Kier molecular flexibility index (Phi) is 7.54. The molecule has 0 aromatic heterocycles. The Morgan fingerprint density at radius 2 is 1.74 bits per heavy atom. The van der Waals surface area contributed by atoms with Crippen LogP contribution >= 0.6 is 11.8 Å². The standard InChI is InChI=1S/C25H25N3O4S2/c1-19-7-11-21(12-8-19)28(34(30,31)24-5-3-2-4-6-24)16-25(29)27-26-15-20-9-13-22(14-10-20)32-23-17-33-18-23/h2-15,23H,16-18H2,1H3,(H,27,29). The fourth-order valence-electron chi connectivity index (χ4n) is 3.20. The van der Waals surface area contributed by atoms with Gasteiger partial charge in [-0.25, -0.2) is 13.8 Å². The van der Waals surface area contributed by atoms with E-state index in [0.29, 0.717) is 5.69 Å². The number of hydrogen-bond donors (Lipinski definition) is 1. The van der Waals surface area contributed by atoms with Gasteiger partial charge in [0.2, 0.25) is 0 Å². The minimum Gasteiger partial charge on any atom is -0.489 e. The molecule has 1 saturated heterocycles. The number of benzene rings is 3. The fourth-order valence-corrected chi connectivity index (χ4v) is 5.20. The number of thioether (sulfide) groups is 1. The molecule has 9 heteroatoms. The molecule has 1 aliphatic rings. The van der Waals surface area contributed by atoms with Crippen molar-refractivity contribution in [2.45, 2.75) is 17.9 Å². The van der Waals surface area contributed by atoms with Crippen molar-refractivity contribution >= 4 is 39.6 Å². The molecule has 3 aromatic rings. The van der Waals surface area contributed by atoms with Gasteiger partial charge in [0.15, 0.2) is 0 Å². The first kappa shape index (κ1) is 23.8. The third-order valence-electron chi connectivity index (χ3n) is 5.13. The predicted octanol–water partition coefficient (Wildman–Crippen LogP) is 3.83. The van der Waals surface area contributed by atoms with Crippen molar-refractivity contribution in [1.82, 2.24) is 5.43 Å². The Morgan fingerprint density at radius 3 is 2.35 bits per heavy atom. The van der Waals surface area contributed by atoms with Gasteiger partial charge in [-0.2, -0.15) is 16.9 Å². The van der Waals surface area contributed by atoms with E-state index < -0.39 is 22.5 Å². The molecule has 0 saturated carbocycles. The van der Waals surface area contributed by atoms with E-state index in [4.69, 9.17) is 4.74 Å². The maximum atomic E-state index is 13.3. The molecule has 1 amide bonds. The highest BCUT2D eigenvalue weighted by Crippen LogP contribution is 2.25. The molecular weight excluding hydrogens is 470 g/mol. The van der Waals surface area contributed by atoms with E-state index in [1.165, 1.54) is 18.3 Å². The highest BCUT2D eigenvalue weighted by Gasteiger charge is 2.27. The van der Waals surface area contributed by atoms with Gasteiger partial charge in [-0.15, -0.1) is 0 Å². The number of carbonyl (C=O) groups is 1. The van der Waals surface area contributed by atoms with Gasteiger partial charge in [0.1, 0.15) is 18.4 Å². The molecule has 176 valence electrons. The van der Waals surface area contributed by atoms with E-state index in [-0.39, 0.29) is 11.0 Å². The van der Waals surface area contributed by atoms with E-state index in [0.717, 1.165) is 32.7 Å². The van der Waals surface area contributed by atoms with Crippen molar-refractivity contribution < 1.29 is 17.9 Å². The van der Waals surface area contributed by atoms with Crippen LogP contribution in [0.15, 0.2) is 88.9 Å². The van der Waals surface area contributed by atoms with Gasteiger partial charge >= 0.3 is 0 Å². The van der Waals surface area contributed by atoms with Gasteiger partial charge in [-0.3, -0.25) is 9.10 Å². The van der Waals surface area contributed by atoms with E-state index in [9.17, 15) is 13.2 Å². The minimum absolute atomic E-state index is 0.106. The number of aryl methyl sites for hydroxylation is 1. The molecule has 0 spiro atoms. The molecule has 3 aromatic carbocycles. The van der Waals surface area contributed by atoms with Crippen LogP contribution in [0.25, 0.3) is 0 Å². The number of hydrogen-bond acceptors (Lipinski definition) is 6. The van der Waals surface area contributed by atoms with Crippen LogP contribution in [-0.4, -0.2) is 44.7 Å². The summed E-state index contributed by atoms with van der Waals surface area (Å²) in [5.74, 6) is 2.26. The smallest absolute Gasteiger partial charge is 0.264 e. The molecule has 0 radical (unpaired) electrons. The number of sulfonamides is 1. The van der Waals surface area contributed by atoms with Crippen molar-refractivity contribution in [2.24, 2.45) is 5.10 Å². The molecule has 4 rings (SSSR count). The second-order valence-corrected chi connectivity index (χ2v) is 10.7. The van der Waals surface area contributed by atoms with Crippen LogP contribution in [0.5, 0.6) is 5.75 Å². The fraction of sp³-hybridized carbons (Fsp3) is 0.200. The van der Waals surface area contributed by atoms with E-state index in [1.54, 1.807) is 42.5 Å². The molecule has 0 aliphatic carbocycles. The van der Waals surface area contributed by atoms with Gasteiger partial charge in [0.05, 0.1) is 16.8 Å². The highest BCUT2D eigenvalue weighted by atomic mass is 32.2. The summed E-state index contributed by atoms with van der Waals surface area (Å²) in [7, 11) is -3.95. The predicted molar refractivity (Wildman–Crippen MR) is 136 cm³/mol. The van der Waals surface area contributed by atoms with E-state index in [1.807, 2.05) is 43.0 Å². The first-order chi connectivity index (χ1) is 16.4. The molecule has 7 nitrogen and oxygen atoms in total. The van der Waals surface area contributed by atoms with E-state index >= 15 is 0 Å². The summed E-state index contributed by atoms with van der Waals surface area (Å²) in [5.41, 5.74) is 4.58. The van der Waals surface area contributed by atoms with Gasteiger partial charge < -0.3 is 4.74 Å². The van der Waals surface area contributed by atoms with Crippen LogP contribution < -0.4 is 14.5 Å². The Balaban J connectivity index is 1.43. The summed E-state index contributed by atoms with van der Waals surface area (Å²) in [5, 5.41) is 3.98. The van der Waals surface area contributed by atoms with Crippen molar-refractivity contribution in [2.75, 3.05) is 22.4 Å². The summed E-state index contributed by atoms with van der Waals surface area (Å²) in [6.07, 6.45) is 1.77. The quantitative estimate of drug-likeness (QED) is 0.360. The second-order valence-electron chi connectivity index (χ2n) is 7.80. The summed E-state index contributed by atoms with van der Waals surface area (Å²) in [4.78, 5) is 12.7. The lowest BCUT2D eigenvalue weighted by Crippen LogP contribution is -2.39. The normalized spacial score (nSPS) is 13.9. The van der Waals surface area contributed by atoms with Gasteiger partial charge in [-0.05, 0) is 61.0 Å². The summed E-state index contributed by atoms with van der Waals surface area (Å²) < 4.78 is 33.4. The number of rotatable bonds is 9. The SMILES string of the molecule is Cc1ccc(N(CC(=O)NN=Cc2ccc(OC3CSC3)cc2)S(=O)(=O)c2ccccc2)cc1. The lowest BCUT2D eigenvalue weighted by atomic mass is 10.2. The molecule has 1 fully saturated rings. The Bertz CT molecular complexity index is 1240. The molecule has 1 N–H and O–H groups in total. The average molecular weight is 496 g/mol. The van der Waals surface area contributed by atoms with Crippen molar-refractivity contribution in [3.63, 3.8) is 0 Å². The maximum Gasteiger partial charge on any atom is 0.264 e. The largest absolute Gasteiger partial charge is 0.489 e. The molecule has 1 aliphatic heterocycles. The third-order valence-corrected chi connectivity index (χ3v) is 8.14. The highest BCUT2D eigenvalue weighted by molar-refractivity contribution is 8.00. The van der Waals surface area contributed by atoms with Crippen LogP contribution in [0.4, 0.5) is 5.69 Å². The minimum atomic E-state index is -3.95. The van der Waals surface area contributed by atoms with Crippen molar-refractivity contribution in [1.29, 1.82) is 0 Å². The Morgan fingerprint density at radius 1 is 1.06 bits per heavy atom. The molecular formula is C25H25N3O4S2. The molecule has 0 atom stereocenters. The van der Waals surface area contributed by atoms with Crippen LogP contribution in [0, 0.1) is 6.92 Å². The lowest BCUT2D eigenvalue weighted by molar-refractivity contribution is -0.119. The first-order valence-corrected chi connectivity index (χ1v) is 13.3. The third kappa shape index (κ3) is 5.98. The first-order valence-electron chi connectivity index (χ1n) is 10.7. The number of nitrogens with zero attached hydrogens (tertiary/aromatic N) is 2. The number of anilines is 1. The number of ether oxygens (including phenoxy) is 1. The topological polar surface area (TPSA) is 88.1 Å². The molecule has 0 bridgehead atoms. The second kappa shape index (κ2) is 10.8. The van der Waals surface area contributed by atoms with E-state index in [2.05, 4.69) is 10.5 Å². The number of carbonyl (C=O) groups excluding carboxylic acids is 1. The van der Waals surface area contributed by atoms with Crippen molar-refractivity contribution in [3.8, 4) is 5.75 Å². The summed E-state index contributed by atoms with van der Waals surface area (Å²) in [6, 6.07) is 22.4. The maximum absolute atomic E-state index is 13.3. The molecule has 0 unspecified atom stereocenters. The summed E-state index contributed by atoms with van der Waals surface area (Å²) in [6.45, 7) is 1.50. The number of hydrazone groups is 1. The van der Waals surface area contributed by atoms with Gasteiger partial charge in [0.25, 0.3) is 15.9 Å².